The summed E-state index contributed by atoms with van der Waals surface area (Å²) in [5.74, 6) is -0.335. The highest BCUT2D eigenvalue weighted by Crippen LogP contribution is 2.21. The Labute approximate surface area is 128 Å². The molecule has 4 nitrogen and oxygen atoms in total. The van der Waals surface area contributed by atoms with E-state index in [9.17, 15) is 4.79 Å². The number of benzene rings is 1. The van der Waals surface area contributed by atoms with E-state index >= 15 is 0 Å². The zero-order valence-corrected chi connectivity index (χ0v) is 12.9. The Morgan fingerprint density at radius 3 is 2.86 bits per heavy atom. The number of hydrogen-bond acceptors (Lipinski definition) is 5. The van der Waals surface area contributed by atoms with E-state index in [0.29, 0.717) is 0 Å². The molecule has 0 aliphatic rings. The predicted octanol–water partition coefficient (Wildman–Crippen LogP) is 4.20. The summed E-state index contributed by atoms with van der Waals surface area (Å²) in [6.07, 6.45) is 4.03. The van der Waals surface area contributed by atoms with Gasteiger partial charge in [0.25, 0.3) is 0 Å². The molecule has 0 bridgehead atoms. The van der Waals surface area contributed by atoms with Gasteiger partial charge in [0.2, 0.25) is 0 Å². The fourth-order valence-electron chi connectivity index (χ4n) is 1.60. The van der Waals surface area contributed by atoms with Crippen LogP contribution in [-0.2, 0) is 16.1 Å². The summed E-state index contributed by atoms with van der Waals surface area (Å²) in [6, 6.07) is 8.09. The van der Waals surface area contributed by atoms with Crippen LogP contribution < -0.4 is 5.32 Å². The number of nitrogens with one attached hydrogen (secondary N) is 1. The maximum atomic E-state index is 11.4. The summed E-state index contributed by atoms with van der Waals surface area (Å²) in [6.45, 7) is 4.21. The summed E-state index contributed by atoms with van der Waals surface area (Å²) in [7, 11) is 0. The number of aryl methyl sites for hydroxylation is 1. The molecule has 0 amide bonds. The van der Waals surface area contributed by atoms with Crippen molar-refractivity contribution in [3.63, 3.8) is 0 Å². The van der Waals surface area contributed by atoms with E-state index in [1.165, 1.54) is 23.0 Å². The third-order valence-corrected chi connectivity index (χ3v) is 3.51. The predicted molar refractivity (Wildman–Crippen MR) is 85.8 cm³/mol. The van der Waals surface area contributed by atoms with Gasteiger partial charge < -0.3 is 10.1 Å². The molecule has 1 heterocycles. The van der Waals surface area contributed by atoms with Crippen LogP contribution in [0.2, 0.25) is 0 Å². The highest BCUT2D eigenvalue weighted by atomic mass is 32.1. The molecule has 110 valence electrons. The molecule has 0 unspecified atom stereocenters. The van der Waals surface area contributed by atoms with Crippen LogP contribution in [0.3, 0.4) is 0 Å². The minimum Gasteiger partial charge on any atom is -0.456 e. The van der Waals surface area contributed by atoms with Crippen molar-refractivity contribution in [1.29, 1.82) is 0 Å². The first kappa shape index (κ1) is 15.3. The second kappa shape index (κ2) is 7.59. The van der Waals surface area contributed by atoms with Crippen LogP contribution in [-0.4, -0.2) is 11.0 Å². The lowest BCUT2D eigenvalue weighted by atomic mass is 10.2. The third-order valence-electron chi connectivity index (χ3n) is 2.71. The van der Waals surface area contributed by atoms with Gasteiger partial charge in [0.05, 0.1) is 5.69 Å². The molecule has 2 aromatic rings. The molecule has 0 saturated carbocycles. The first-order valence-corrected chi connectivity index (χ1v) is 7.66. The number of aromatic nitrogens is 1. The molecule has 1 N–H and O–H groups in total. The van der Waals surface area contributed by atoms with Crippen molar-refractivity contribution in [2.45, 2.75) is 26.9 Å². The average molecular weight is 302 g/mol. The van der Waals surface area contributed by atoms with Gasteiger partial charge in [-0.05, 0) is 25.5 Å². The number of ether oxygens (including phenoxy) is 1. The molecule has 0 radical (unpaired) electrons. The number of thiazole rings is 1. The van der Waals surface area contributed by atoms with Crippen molar-refractivity contribution >= 4 is 28.1 Å². The Bertz CT molecular complexity index is 617. The van der Waals surface area contributed by atoms with Gasteiger partial charge in [0, 0.05) is 17.1 Å². The smallest absolute Gasteiger partial charge is 0.330 e. The molecule has 0 spiro atoms. The standard InChI is InChI=1S/C16H18N2O2S/c1-3-4-5-15(19)20-10-14-11-21-16(18-14)17-13-8-6-12(2)7-9-13/h4-9,11H,3,10H2,1-2H3,(H,17,18)/b5-4+. The van der Waals surface area contributed by atoms with Gasteiger partial charge in [-0.3, -0.25) is 0 Å². The lowest BCUT2D eigenvalue weighted by molar-refractivity contribution is -0.139. The van der Waals surface area contributed by atoms with Gasteiger partial charge in [0.15, 0.2) is 5.13 Å². The molecule has 0 aliphatic heterocycles. The van der Waals surface area contributed by atoms with E-state index in [0.717, 1.165) is 22.9 Å². The van der Waals surface area contributed by atoms with Crippen molar-refractivity contribution in [2.75, 3.05) is 5.32 Å². The number of carbonyl (C=O) groups is 1. The van der Waals surface area contributed by atoms with Crippen LogP contribution in [0.15, 0.2) is 41.8 Å². The molecule has 0 saturated heterocycles. The number of allylic oxidation sites excluding steroid dienone is 1. The van der Waals surface area contributed by atoms with E-state index in [4.69, 9.17) is 4.74 Å². The van der Waals surface area contributed by atoms with E-state index < -0.39 is 0 Å². The minimum atomic E-state index is -0.335. The van der Waals surface area contributed by atoms with Gasteiger partial charge in [-0.1, -0.05) is 30.7 Å². The van der Waals surface area contributed by atoms with E-state index in [-0.39, 0.29) is 12.6 Å². The number of carbonyl (C=O) groups excluding carboxylic acids is 1. The van der Waals surface area contributed by atoms with E-state index in [1.807, 2.05) is 43.5 Å². The van der Waals surface area contributed by atoms with Crippen molar-refractivity contribution in [2.24, 2.45) is 0 Å². The third kappa shape index (κ3) is 5.04. The van der Waals surface area contributed by atoms with Crippen LogP contribution in [0.4, 0.5) is 10.8 Å². The quantitative estimate of drug-likeness (QED) is 0.641. The highest BCUT2D eigenvalue weighted by molar-refractivity contribution is 7.13. The van der Waals surface area contributed by atoms with Gasteiger partial charge in [-0.15, -0.1) is 11.3 Å². The topological polar surface area (TPSA) is 51.2 Å². The molecular weight excluding hydrogens is 284 g/mol. The Kier molecular flexibility index (Phi) is 5.51. The minimum absolute atomic E-state index is 0.193. The Balaban J connectivity index is 1.88. The van der Waals surface area contributed by atoms with Gasteiger partial charge in [-0.2, -0.15) is 0 Å². The summed E-state index contributed by atoms with van der Waals surface area (Å²) < 4.78 is 5.10. The molecule has 1 aromatic carbocycles. The average Bonchev–Trinajstić information content (AvgIpc) is 2.93. The Morgan fingerprint density at radius 2 is 2.14 bits per heavy atom. The second-order valence-electron chi connectivity index (χ2n) is 4.55. The van der Waals surface area contributed by atoms with Crippen molar-refractivity contribution in [1.82, 2.24) is 4.98 Å². The molecular formula is C16H18N2O2S. The van der Waals surface area contributed by atoms with Crippen molar-refractivity contribution in [3.8, 4) is 0 Å². The largest absolute Gasteiger partial charge is 0.456 e. The van der Waals surface area contributed by atoms with E-state index in [1.54, 1.807) is 6.08 Å². The van der Waals surface area contributed by atoms with Crippen LogP contribution in [0.5, 0.6) is 0 Å². The lowest BCUT2D eigenvalue weighted by Crippen LogP contribution is -2.01. The number of hydrogen-bond donors (Lipinski definition) is 1. The molecule has 5 heteroatoms. The highest BCUT2D eigenvalue weighted by Gasteiger charge is 2.04. The Morgan fingerprint density at radius 1 is 1.38 bits per heavy atom. The Hall–Kier alpha value is -2.14. The maximum Gasteiger partial charge on any atom is 0.330 e. The fraction of sp³-hybridized carbons (Fsp3) is 0.250. The fourth-order valence-corrected chi connectivity index (χ4v) is 2.31. The van der Waals surface area contributed by atoms with Crippen LogP contribution in [0.1, 0.15) is 24.6 Å². The van der Waals surface area contributed by atoms with Gasteiger partial charge in [0.1, 0.15) is 6.61 Å². The summed E-state index contributed by atoms with van der Waals surface area (Å²) in [5, 5.41) is 5.89. The van der Waals surface area contributed by atoms with Crippen molar-refractivity contribution in [3.05, 3.63) is 53.1 Å². The molecule has 2 rings (SSSR count). The SMILES string of the molecule is CC/C=C/C(=O)OCc1csc(Nc2ccc(C)cc2)n1. The molecule has 0 atom stereocenters. The zero-order valence-electron chi connectivity index (χ0n) is 12.1. The number of anilines is 2. The van der Waals surface area contributed by atoms with Gasteiger partial charge >= 0.3 is 5.97 Å². The number of nitrogens with zero attached hydrogens (tertiary/aromatic N) is 1. The molecule has 21 heavy (non-hydrogen) atoms. The lowest BCUT2D eigenvalue weighted by Gasteiger charge is -2.02. The number of esters is 1. The zero-order chi connectivity index (χ0) is 15.1. The van der Waals surface area contributed by atoms with Crippen LogP contribution >= 0.6 is 11.3 Å². The van der Waals surface area contributed by atoms with Crippen LogP contribution in [0.25, 0.3) is 0 Å². The second-order valence-corrected chi connectivity index (χ2v) is 5.41. The first-order valence-electron chi connectivity index (χ1n) is 6.78. The first-order chi connectivity index (χ1) is 10.2. The number of rotatable bonds is 6. The summed E-state index contributed by atoms with van der Waals surface area (Å²) in [5.41, 5.74) is 2.95. The maximum absolute atomic E-state index is 11.4. The monoisotopic (exact) mass is 302 g/mol. The van der Waals surface area contributed by atoms with Crippen molar-refractivity contribution < 1.29 is 9.53 Å². The molecule has 0 aliphatic carbocycles. The summed E-state index contributed by atoms with van der Waals surface area (Å²) in [4.78, 5) is 15.7. The summed E-state index contributed by atoms with van der Waals surface area (Å²) >= 11 is 1.49. The van der Waals surface area contributed by atoms with E-state index in [2.05, 4.69) is 10.3 Å². The molecule has 0 fully saturated rings. The van der Waals surface area contributed by atoms with Crippen LogP contribution in [0, 0.1) is 6.92 Å². The van der Waals surface area contributed by atoms with Gasteiger partial charge in [-0.25, -0.2) is 9.78 Å². The normalized spacial score (nSPS) is 10.8. The molecule has 1 aromatic heterocycles.